The second-order valence-electron chi connectivity index (χ2n) is 6.17. The summed E-state index contributed by atoms with van der Waals surface area (Å²) in [6, 6.07) is 7.03. The number of amides is 2. The summed E-state index contributed by atoms with van der Waals surface area (Å²) < 4.78 is 0. The molecule has 0 saturated carbocycles. The molecule has 2 heterocycles. The highest BCUT2D eigenvalue weighted by molar-refractivity contribution is 5.98. The lowest BCUT2D eigenvalue weighted by molar-refractivity contribution is -0.150. The first-order valence-corrected chi connectivity index (χ1v) is 8.14. The van der Waals surface area contributed by atoms with Crippen molar-refractivity contribution in [3.63, 3.8) is 0 Å². The number of carboxylic acid groups (broad SMARTS) is 1. The van der Waals surface area contributed by atoms with Crippen molar-refractivity contribution in [3.05, 3.63) is 48.0 Å². The van der Waals surface area contributed by atoms with Crippen molar-refractivity contribution in [1.82, 2.24) is 10.2 Å². The lowest BCUT2D eigenvalue weighted by Gasteiger charge is -2.32. The molecule has 0 bridgehead atoms. The largest absolute Gasteiger partial charge is 0.480 e. The predicted molar refractivity (Wildman–Crippen MR) is 87.4 cm³/mol. The molecule has 1 aromatic rings. The Bertz CT molecular complexity index is 671. The number of carbonyl (C=O) groups is 3. The Morgan fingerprint density at radius 1 is 1.08 bits per heavy atom. The smallest absolute Gasteiger partial charge is 0.326 e. The Kier molecular flexibility index (Phi) is 4.64. The van der Waals surface area contributed by atoms with Gasteiger partial charge < -0.3 is 15.3 Å². The van der Waals surface area contributed by atoms with Crippen LogP contribution in [0.4, 0.5) is 0 Å². The maximum Gasteiger partial charge on any atom is 0.326 e. The zero-order valence-corrected chi connectivity index (χ0v) is 13.2. The number of carboxylic acids is 1. The lowest BCUT2D eigenvalue weighted by atomic mass is 10.0. The molecule has 1 fully saturated rings. The highest BCUT2D eigenvalue weighted by Crippen LogP contribution is 2.29. The van der Waals surface area contributed by atoms with E-state index in [1.54, 1.807) is 24.3 Å². The van der Waals surface area contributed by atoms with Gasteiger partial charge in [-0.2, -0.15) is 0 Å². The van der Waals surface area contributed by atoms with Crippen molar-refractivity contribution in [1.29, 1.82) is 0 Å². The van der Waals surface area contributed by atoms with E-state index >= 15 is 0 Å². The molecular weight excluding hydrogens is 308 g/mol. The van der Waals surface area contributed by atoms with Crippen LogP contribution in [0, 0.1) is 0 Å². The van der Waals surface area contributed by atoms with Gasteiger partial charge in [-0.15, -0.1) is 0 Å². The van der Waals surface area contributed by atoms with Crippen LogP contribution < -0.4 is 5.32 Å². The molecule has 3 rings (SSSR count). The van der Waals surface area contributed by atoms with E-state index in [-0.39, 0.29) is 17.9 Å². The van der Waals surface area contributed by atoms with Gasteiger partial charge >= 0.3 is 5.97 Å². The second kappa shape index (κ2) is 6.86. The zero-order valence-electron chi connectivity index (χ0n) is 13.2. The van der Waals surface area contributed by atoms with Gasteiger partial charge in [0.15, 0.2) is 0 Å². The Morgan fingerprint density at radius 3 is 2.50 bits per heavy atom. The first kappa shape index (κ1) is 16.2. The van der Waals surface area contributed by atoms with E-state index in [0.717, 1.165) is 0 Å². The molecule has 1 saturated heterocycles. The summed E-state index contributed by atoms with van der Waals surface area (Å²) in [7, 11) is 0. The van der Waals surface area contributed by atoms with Crippen molar-refractivity contribution in [2.45, 2.75) is 43.8 Å². The quantitative estimate of drug-likeness (QED) is 0.825. The van der Waals surface area contributed by atoms with E-state index in [9.17, 15) is 19.5 Å². The number of carbonyl (C=O) groups excluding carboxylic acids is 2. The molecule has 2 N–H and O–H groups in total. The standard InChI is InChI=1S/C18H20N2O4/c21-16(12-6-2-1-3-7-12)19-14-9-5-4-8-13-10-11-15(18(23)24)20(13)17(14)22/h1-7,13-15H,8-11H2,(H,19,21)(H,23,24)/b5-4-/t13-,14-,15-/m0/s1. The fourth-order valence-electron chi connectivity index (χ4n) is 3.41. The molecule has 0 radical (unpaired) electrons. The summed E-state index contributed by atoms with van der Waals surface area (Å²) >= 11 is 0. The van der Waals surface area contributed by atoms with Gasteiger partial charge in [0, 0.05) is 11.6 Å². The van der Waals surface area contributed by atoms with Crippen molar-refractivity contribution < 1.29 is 19.5 Å². The molecule has 0 aromatic heterocycles. The minimum Gasteiger partial charge on any atom is -0.480 e. The zero-order chi connectivity index (χ0) is 17.1. The van der Waals surface area contributed by atoms with Gasteiger partial charge in [0.05, 0.1) is 0 Å². The molecule has 0 aliphatic carbocycles. The second-order valence-corrected chi connectivity index (χ2v) is 6.17. The van der Waals surface area contributed by atoms with Crippen LogP contribution in [0.1, 0.15) is 36.0 Å². The van der Waals surface area contributed by atoms with Crippen molar-refractivity contribution in [2.75, 3.05) is 0 Å². The summed E-state index contributed by atoms with van der Waals surface area (Å²) in [5, 5.41) is 12.1. The van der Waals surface area contributed by atoms with Crippen LogP contribution >= 0.6 is 0 Å². The van der Waals surface area contributed by atoms with Gasteiger partial charge in [-0.1, -0.05) is 30.4 Å². The fraction of sp³-hybridized carbons (Fsp3) is 0.389. The number of hydrogen-bond donors (Lipinski definition) is 2. The van der Waals surface area contributed by atoms with Gasteiger partial charge in [-0.05, 0) is 37.8 Å². The molecule has 24 heavy (non-hydrogen) atoms. The van der Waals surface area contributed by atoms with Crippen LogP contribution in [-0.2, 0) is 9.59 Å². The number of nitrogens with one attached hydrogen (secondary N) is 1. The molecule has 6 heteroatoms. The van der Waals surface area contributed by atoms with Gasteiger partial charge in [0.2, 0.25) is 5.91 Å². The molecule has 6 nitrogen and oxygen atoms in total. The maximum atomic E-state index is 12.9. The fourth-order valence-corrected chi connectivity index (χ4v) is 3.41. The third kappa shape index (κ3) is 3.18. The molecule has 0 unspecified atom stereocenters. The maximum absolute atomic E-state index is 12.9. The number of fused-ring (bicyclic) bond motifs is 1. The minimum atomic E-state index is -0.983. The summed E-state index contributed by atoms with van der Waals surface area (Å²) in [5.41, 5.74) is 0.476. The topological polar surface area (TPSA) is 86.7 Å². The van der Waals surface area contributed by atoms with Crippen LogP contribution in [0.3, 0.4) is 0 Å². The third-order valence-electron chi connectivity index (χ3n) is 4.63. The average Bonchev–Trinajstić information content (AvgIpc) is 3.00. The van der Waals surface area contributed by atoms with Crippen molar-refractivity contribution in [2.24, 2.45) is 0 Å². The molecule has 1 aromatic carbocycles. The van der Waals surface area contributed by atoms with Crippen LogP contribution in [0.15, 0.2) is 42.5 Å². The van der Waals surface area contributed by atoms with E-state index in [1.807, 2.05) is 18.2 Å². The minimum absolute atomic E-state index is 0.105. The number of nitrogens with zero attached hydrogens (tertiary/aromatic N) is 1. The van der Waals surface area contributed by atoms with Gasteiger partial charge in [0.25, 0.3) is 5.91 Å². The number of rotatable bonds is 3. The predicted octanol–water partition coefficient (Wildman–Crippen LogP) is 1.58. The summed E-state index contributed by atoms with van der Waals surface area (Å²) in [5.74, 6) is -1.62. The summed E-state index contributed by atoms with van der Waals surface area (Å²) in [6.07, 6.45) is 6.02. The first-order valence-electron chi connectivity index (χ1n) is 8.14. The Labute approximate surface area is 140 Å². The van der Waals surface area contributed by atoms with Gasteiger partial charge in [-0.25, -0.2) is 4.79 Å². The lowest BCUT2D eigenvalue weighted by Crippen LogP contribution is -2.54. The molecule has 2 amide bonds. The van der Waals surface area contributed by atoms with E-state index in [1.165, 1.54) is 4.90 Å². The molecular formula is C18H20N2O4. The normalized spacial score (nSPS) is 27.8. The van der Waals surface area contributed by atoms with Crippen LogP contribution in [0.25, 0.3) is 0 Å². The van der Waals surface area contributed by atoms with Crippen molar-refractivity contribution in [3.8, 4) is 0 Å². The van der Waals surface area contributed by atoms with Gasteiger partial charge in [0.1, 0.15) is 12.1 Å². The SMILES string of the molecule is O=C(N[C@H]1C/C=C\C[C@H]2CC[C@@H](C(=O)O)N2C1=O)c1ccccc1. The number of benzene rings is 1. The van der Waals surface area contributed by atoms with E-state index in [4.69, 9.17) is 0 Å². The molecule has 0 spiro atoms. The van der Waals surface area contributed by atoms with E-state index in [0.29, 0.717) is 31.2 Å². The third-order valence-corrected chi connectivity index (χ3v) is 4.63. The Hall–Kier alpha value is -2.63. The summed E-state index contributed by atoms with van der Waals surface area (Å²) in [4.78, 5) is 38.1. The molecule has 3 atom stereocenters. The molecule has 2 aliphatic rings. The monoisotopic (exact) mass is 328 g/mol. The van der Waals surface area contributed by atoms with Gasteiger partial charge in [-0.3, -0.25) is 9.59 Å². The Morgan fingerprint density at radius 2 is 1.79 bits per heavy atom. The van der Waals surface area contributed by atoms with Crippen molar-refractivity contribution >= 4 is 17.8 Å². The van der Waals surface area contributed by atoms with E-state index in [2.05, 4.69) is 5.32 Å². The number of hydrogen-bond acceptors (Lipinski definition) is 3. The number of aliphatic carboxylic acids is 1. The molecule has 126 valence electrons. The Balaban J connectivity index is 1.80. The van der Waals surface area contributed by atoms with Crippen LogP contribution in [0.2, 0.25) is 0 Å². The highest BCUT2D eigenvalue weighted by Gasteiger charge is 2.43. The van der Waals surface area contributed by atoms with Crippen LogP contribution in [0.5, 0.6) is 0 Å². The van der Waals surface area contributed by atoms with Crippen LogP contribution in [-0.4, -0.2) is 45.9 Å². The summed E-state index contributed by atoms with van der Waals surface area (Å²) in [6.45, 7) is 0. The average molecular weight is 328 g/mol. The van der Waals surface area contributed by atoms with E-state index < -0.39 is 18.1 Å². The molecule has 2 aliphatic heterocycles. The highest BCUT2D eigenvalue weighted by atomic mass is 16.4. The first-order chi connectivity index (χ1) is 11.6.